The number of nitrogens with two attached hydrogens (primary N) is 1. The summed E-state index contributed by atoms with van der Waals surface area (Å²) in [6, 6.07) is 16.0. The van der Waals surface area contributed by atoms with Crippen LogP contribution >= 0.6 is 0 Å². The molecule has 0 aromatic heterocycles. The van der Waals surface area contributed by atoms with Crippen molar-refractivity contribution in [3.63, 3.8) is 0 Å². The molecule has 0 saturated heterocycles. The minimum Gasteiger partial charge on any atom is -0.452 e. The van der Waals surface area contributed by atoms with Crippen molar-refractivity contribution in [1.82, 2.24) is 0 Å². The Morgan fingerprint density at radius 2 is 1.60 bits per heavy atom. The smallest absolute Gasteiger partial charge is 0.338 e. The summed E-state index contributed by atoms with van der Waals surface area (Å²) in [5.74, 6) is -2.58. The molecule has 3 aromatic rings. The second-order valence-corrected chi connectivity index (χ2v) is 9.25. The van der Waals surface area contributed by atoms with E-state index in [2.05, 4.69) is 5.32 Å². The summed E-state index contributed by atoms with van der Waals surface area (Å²) >= 11 is 0. The molecule has 11 heteroatoms. The first-order valence-electron chi connectivity index (χ1n) is 10.2. The predicted molar refractivity (Wildman–Crippen MR) is 125 cm³/mol. The summed E-state index contributed by atoms with van der Waals surface area (Å²) in [5.41, 5.74) is 1.70. The van der Waals surface area contributed by atoms with E-state index in [1.807, 2.05) is 0 Å². The number of nitrogens with zero attached hydrogens (tertiary/aromatic N) is 1. The van der Waals surface area contributed by atoms with Gasteiger partial charge in [0.25, 0.3) is 17.7 Å². The van der Waals surface area contributed by atoms with Gasteiger partial charge >= 0.3 is 5.97 Å². The molecule has 3 amide bonds. The number of imide groups is 1. The van der Waals surface area contributed by atoms with Crippen LogP contribution in [0.25, 0.3) is 0 Å². The number of carbonyl (C=O) groups excluding carboxylic acids is 4. The van der Waals surface area contributed by atoms with Gasteiger partial charge in [0.1, 0.15) is 0 Å². The Morgan fingerprint density at radius 1 is 0.943 bits per heavy atom. The van der Waals surface area contributed by atoms with Crippen molar-refractivity contribution < 1.29 is 32.3 Å². The molecule has 0 atom stereocenters. The lowest BCUT2D eigenvalue weighted by atomic mass is 10.1. The molecule has 0 unspecified atom stereocenters. The van der Waals surface area contributed by atoms with E-state index in [1.165, 1.54) is 42.5 Å². The maximum Gasteiger partial charge on any atom is 0.338 e. The molecule has 35 heavy (non-hydrogen) atoms. The fourth-order valence-electron chi connectivity index (χ4n) is 3.54. The number of esters is 1. The van der Waals surface area contributed by atoms with Crippen LogP contribution in [0.1, 0.15) is 36.6 Å². The van der Waals surface area contributed by atoms with E-state index in [1.54, 1.807) is 31.2 Å². The third-order valence-electron chi connectivity index (χ3n) is 5.28. The summed E-state index contributed by atoms with van der Waals surface area (Å²) in [6.45, 7) is 1.15. The highest BCUT2D eigenvalue weighted by molar-refractivity contribution is 7.89. The Labute approximate surface area is 200 Å². The number of fused-ring (bicyclic) bond motifs is 1. The Balaban J connectivity index is 1.42. The topological polar surface area (TPSA) is 153 Å². The summed E-state index contributed by atoms with van der Waals surface area (Å²) < 4.78 is 27.6. The Bertz CT molecular complexity index is 1480. The molecule has 0 fully saturated rings. The lowest BCUT2D eigenvalue weighted by molar-refractivity contribution is -0.119. The van der Waals surface area contributed by atoms with Crippen molar-refractivity contribution in [2.24, 2.45) is 5.14 Å². The summed E-state index contributed by atoms with van der Waals surface area (Å²) in [4.78, 5) is 51.2. The first kappa shape index (κ1) is 23.8. The van der Waals surface area contributed by atoms with Crippen LogP contribution in [-0.2, 0) is 19.6 Å². The first-order chi connectivity index (χ1) is 16.6. The molecule has 1 aliphatic rings. The summed E-state index contributed by atoms with van der Waals surface area (Å²) in [6.07, 6.45) is 0. The van der Waals surface area contributed by atoms with Crippen LogP contribution in [0.4, 0.5) is 11.4 Å². The molecular weight excluding hydrogens is 474 g/mol. The van der Waals surface area contributed by atoms with E-state index in [4.69, 9.17) is 9.88 Å². The van der Waals surface area contributed by atoms with Crippen molar-refractivity contribution in [2.45, 2.75) is 11.8 Å². The standard InChI is InChI=1S/C24H19N3O7S/c1-14-4-2-3-5-20(14)27-22(29)18-11-6-15(12-19(18)23(27)30)24(31)34-13-21(28)26-16-7-9-17(10-8-16)35(25,32)33/h2-12H,13H2,1H3,(H,26,28)(H2,25,32,33). The van der Waals surface area contributed by atoms with E-state index in [0.717, 1.165) is 10.5 Å². The quantitative estimate of drug-likeness (QED) is 0.394. The van der Waals surface area contributed by atoms with Gasteiger partial charge < -0.3 is 10.1 Å². The number of anilines is 2. The van der Waals surface area contributed by atoms with Gasteiger partial charge in [-0.2, -0.15) is 0 Å². The Kier molecular flexibility index (Phi) is 6.20. The molecule has 4 rings (SSSR count). The van der Waals surface area contributed by atoms with Gasteiger partial charge in [-0.15, -0.1) is 0 Å². The largest absolute Gasteiger partial charge is 0.452 e. The fourth-order valence-corrected chi connectivity index (χ4v) is 4.06. The second kappa shape index (κ2) is 9.12. The molecule has 178 valence electrons. The molecule has 10 nitrogen and oxygen atoms in total. The number of amides is 3. The van der Waals surface area contributed by atoms with Crippen LogP contribution < -0.4 is 15.4 Å². The second-order valence-electron chi connectivity index (χ2n) is 7.69. The van der Waals surface area contributed by atoms with E-state index < -0.39 is 40.3 Å². The SMILES string of the molecule is Cc1ccccc1N1C(=O)c2ccc(C(=O)OCC(=O)Nc3ccc(S(N)(=O)=O)cc3)cc2C1=O. The monoisotopic (exact) mass is 493 g/mol. The highest BCUT2D eigenvalue weighted by Gasteiger charge is 2.37. The number of para-hydroxylation sites is 1. The zero-order chi connectivity index (χ0) is 25.3. The van der Waals surface area contributed by atoms with Crippen LogP contribution in [0.3, 0.4) is 0 Å². The van der Waals surface area contributed by atoms with Gasteiger partial charge in [-0.3, -0.25) is 14.4 Å². The minimum atomic E-state index is -3.86. The molecule has 1 heterocycles. The van der Waals surface area contributed by atoms with Crippen LogP contribution in [0, 0.1) is 6.92 Å². The Hall–Kier alpha value is -4.35. The van der Waals surface area contributed by atoms with Gasteiger partial charge in [0, 0.05) is 5.69 Å². The van der Waals surface area contributed by atoms with E-state index >= 15 is 0 Å². The molecule has 3 N–H and O–H groups in total. The number of rotatable bonds is 6. The van der Waals surface area contributed by atoms with Crippen LogP contribution in [0.5, 0.6) is 0 Å². The highest BCUT2D eigenvalue weighted by Crippen LogP contribution is 2.31. The molecule has 0 aliphatic carbocycles. The molecular formula is C24H19N3O7S. The fraction of sp³-hybridized carbons (Fsp3) is 0.0833. The van der Waals surface area contributed by atoms with Gasteiger partial charge in [0.05, 0.1) is 27.3 Å². The predicted octanol–water partition coefficient (Wildman–Crippen LogP) is 2.24. The maximum atomic E-state index is 12.9. The minimum absolute atomic E-state index is 0.00170. The maximum absolute atomic E-state index is 12.9. The van der Waals surface area contributed by atoms with Crippen LogP contribution in [0.2, 0.25) is 0 Å². The van der Waals surface area contributed by atoms with Crippen molar-refractivity contribution in [1.29, 1.82) is 0 Å². The van der Waals surface area contributed by atoms with Crippen molar-refractivity contribution in [2.75, 3.05) is 16.8 Å². The van der Waals surface area contributed by atoms with Crippen LogP contribution in [0.15, 0.2) is 71.6 Å². The molecule has 0 radical (unpaired) electrons. The number of sulfonamides is 1. The molecule has 0 spiro atoms. The van der Waals surface area contributed by atoms with E-state index in [-0.39, 0.29) is 27.3 Å². The number of nitrogens with one attached hydrogen (secondary N) is 1. The van der Waals surface area contributed by atoms with E-state index in [9.17, 15) is 27.6 Å². The van der Waals surface area contributed by atoms with Gasteiger partial charge in [0.15, 0.2) is 6.61 Å². The number of primary sulfonamides is 1. The van der Waals surface area contributed by atoms with Crippen molar-refractivity contribution in [3.05, 3.63) is 89.0 Å². The van der Waals surface area contributed by atoms with Gasteiger partial charge in [-0.25, -0.2) is 23.3 Å². The lowest BCUT2D eigenvalue weighted by Crippen LogP contribution is -2.29. The molecule has 1 aliphatic heterocycles. The third kappa shape index (κ3) is 4.81. The molecule has 0 saturated carbocycles. The van der Waals surface area contributed by atoms with E-state index in [0.29, 0.717) is 5.69 Å². The zero-order valence-electron chi connectivity index (χ0n) is 18.3. The van der Waals surface area contributed by atoms with Gasteiger partial charge in [-0.1, -0.05) is 18.2 Å². The Morgan fingerprint density at radius 3 is 2.26 bits per heavy atom. The first-order valence-corrected chi connectivity index (χ1v) is 11.8. The van der Waals surface area contributed by atoms with Crippen LogP contribution in [-0.4, -0.2) is 38.7 Å². The van der Waals surface area contributed by atoms with Crippen molar-refractivity contribution >= 4 is 45.1 Å². The lowest BCUT2D eigenvalue weighted by Gasteiger charge is -2.16. The number of aryl methyl sites for hydroxylation is 1. The van der Waals surface area contributed by atoms with Crippen molar-refractivity contribution in [3.8, 4) is 0 Å². The molecule has 0 bridgehead atoms. The average molecular weight is 493 g/mol. The summed E-state index contributed by atoms with van der Waals surface area (Å²) in [5, 5.41) is 7.48. The number of ether oxygens (including phenoxy) is 1. The number of hydrogen-bond donors (Lipinski definition) is 2. The average Bonchev–Trinajstić information content (AvgIpc) is 3.07. The number of carbonyl (C=O) groups is 4. The zero-order valence-corrected chi connectivity index (χ0v) is 19.2. The van der Waals surface area contributed by atoms with Gasteiger partial charge in [-0.05, 0) is 61.0 Å². The number of hydrogen-bond acceptors (Lipinski definition) is 7. The van der Waals surface area contributed by atoms with Gasteiger partial charge in [0.2, 0.25) is 10.0 Å². The normalized spacial score (nSPS) is 12.9. The highest BCUT2D eigenvalue weighted by atomic mass is 32.2. The third-order valence-corrected chi connectivity index (χ3v) is 6.21. The summed E-state index contributed by atoms with van der Waals surface area (Å²) in [7, 11) is -3.86. The molecule has 3 aromatic carbocycles. The number of benzene rings is 3.